The molecule has 0 aromatic rings. The summed E-state index contributed by atoms with van der Waals surface area (Å²) in [6.45, 7) is 6.23. The van der Waals surface area contributed by atoms with Crippen molar-refractivity contribution in [3.05, 3.63) is 0 Å². The molecule has 1 fully saturated rings. The van der Waals surface area contributed by atoms with E-state index in [0.717, 1.165) is 19.5 Å². The molecule has 5 heteroatoms. The van der Waals surface area contributed by atoms with E-state index in [9.17, 15) is 9.59 Å². The van der Waals surface area contributed by atoms with Crippen molar-refractivity contribution in [3.63, 3.8) is 0 Å². The number of amides is 1. The van der Waals surface area contributed by atoms with E-state index < -0.39 is 0 Å². The van der Waals surface area contributed by atoms with Gasteiger partial charge in [0, 0.05) is 26.2 Å². The number of likely N-dealkylation sites (N-methyl/N-ethyl adjacent to an activating group) is 1. The summed E-state index contributed by atoms with van der Waals surface area (Å²) in [4.78, 5) is 26.9. The number of esters is 1. The molecule has 1 saturated heterocycles. The summed E-state index contributed by atoms with van der Waals surface area (Å²) >= 11 is 0. The standard InChI is InChI=1S/C12H22N2O3/c1-4-17-12(16)8-10(2)14-7-5-6-13(3)11(15)9-14/h10H,4-9H2,1-3H3. The smallest absolute Gasteiger partial charge is 0.307 e. The van der Waals surface area contributed by atoms with Gasteiger partial charge in [0.2, 0.25) is 5.91 Å². The fourth-order valence-electron chi connectivity index (χ4n) is 1.98. The fraction of sp³-hybridized carbons (Fsp3) is 0.833. The third kappa shape index (κ3) is 4.34. The van der Waals surface area contributed by atoms with Crippen LogP contribution in [0.25, 0.3) is 0 Å². The summed E-state index contributed by atoms with van der Waals surface area (Å²) in [6.07, 6.45) is 1.31. The highest BCUT2D eigenvalue weighted by Crippen LogP contribution is 2.10. The molecule has 0 saturated carbocycles. The van der Waals surface area contributed by atoms with Crippen LogP contribution in [0.15, 0.2) is 0 Å². The molecule has 1 amide bonds. The zero-order valence-electron chi connectivity index (χ0n) is 10.9. The van der Waals surface area contributed by atoms with Crippen LogP contribution >= 0.6 is 0 Å². The van der Waals surface area contributed by atoms with Crippen LogP contribution < -0.4 is 0 Å². The summed E-state index contributed by atoms with van der Waals surface area (Å²) < 4.78 is 4.92. The zero-order valence-corrected chi connectivity index (χ0v) is 10.9. The van der Waals surface area contributed by atoms with E-state index in [1.54, 1.807) is 11.8 Å². The van der Waals surface area contributed by atoms with E-state index in [1.165, 1.54) is 0 Å². The molecule has 0 bridgehead atoms. The first-order valence-electron chi connectivity index (χ1n) is 6.18. The van der Waals surface area contributed by atoms with Crippen molar-refractivity contribution in [2.24, 2.45) is 0 Å². The maximum Gasteiger partial charge on any atom is 0.307 e. The van der Waals surface area contributed by atoms with Crippen molar-refractivity contribution in [1.29, 1.82) is 0 Å². The molecule has 1 atom stereocenters. The molecule has 1 aliphatic rings. The number of rotatable bonds is 4. The van der Waals surface area contributed by atoms with Crippen molar-refractivity contribution < 1.29 is 14.3 Å². The third-order valence-electron chi connectivity index (χ3n) is 3.09. The van der Waals surface area contributed by atoms with E-state index in [4.69, 9.17) is 4.74 Å². The molecule has 1 heterocycles. The molecule has 0 radical (unpaired) electrons. The average Bonchev–Trinajstić information content (AvgIpc) is 2.42. The van der Waals surface area contributed by atoms with Gasteiger partial charge in [0.25, 0.3) is 0 Å². The quantitative estimate of drug-likeness (QED) is 0.673. The molecular weight excluding hydrogens is 220 g/mol. The molecule has 0 aromatic carbocycles. The van der Waals surface area contributed by atoms with Gasteiger partial charge in [0.05, 0.1) is 19.6 Å². The Kier molecular flexibility index (Phi) is 5.41. The van der Waals surface area contributed by atoms with E-state index in [1.807, 2.05) is 14.0 Å². The summed E-state index contributed by atoms with van der Waals surface area (Å²) in [5.41, 5.74) is 0. The van der Waals surface area contributed by atoms with Crippen LogP contribution in [0.4, 0.5) is 0 Å². The van der Waals surface area contributed by atoms with Crippen LogP contribution in [0, 0.1) is 0 Å². The van der Waals surface area contributed by atoms with Crippen molar-refractivity contribution in [3.8, 4) is 0 Å². The second-order valence-corrected chi connectivity index (χ2v) is 4.50. The number of carbonyl (C=O) groups is 2. The van der Waals surface area contributed by atoms with Gasteiger partial charge in [-0.25, -0.2) is 0 Å². The Morgan fingerprint density at radius 1 is 1.47 bits per heavy atom. The predicted octanol–water partition coefficient (Wildman–Crippen LogP) is 0.492. The lowest BCUT2D eigenvalue weighted by Crippen LogP contribution is -2.40. The highest BCUT2D eigenvalue weighted by Gasteiger charge is 2.24. The summed E-state index contributed by atoms with van der Waals surface area (Å²) in [5.74, 6) is -0.0664. The lowest BCUT2D eigenvalue weighted by atomic mass is 10.2. The van der Waals surface area contributed by atoms with Gasteiger partial charge in [0.15, 0.2) is 0 Å². The van der Waals surface area contributed by atoms with Crippen molar-refractivity contribution >= 4 is 11.9 Å². The zero-order chi connectivity index (χ0) is 12.8. The highest BCUT2D eigenvalue weighted by atomic mass is 16.5. The molecule has 1 unspecified atom stereocenters. The second-order valence-electron chi connectivity index (χ2n) is 4.50. The number of hydrogen-bond acceptors (Lipinski definition) is 4. The summed E-state index contributed by atoms with van der Waals surface area (Å²) in [7, 11) is 1.82. The van der Waals surface area contributed by atoms with E-state index in [0.29, 0.717) is 19.6 Å². The van der Waals surface area contributed by atoms with Crippen LogP contribution in [-0.2, 0) is 14.3 Å². The van der Waals surface area contributed by atoms with Gasteiger partial charge >= 0.3 is 5.97 Å². The Hall–Kier alpha value is -1.10. The van der Waals surface area contributed by atoms with Gasteiger partial charge in [-0.05, 0) is 20.3 Å². The van der Waals surface area contributed by atoms with Crippen LogP contribution in [0.3, 0.4) is 0 Å². The topological polar surface area (TPSA) is 49.9 Å². The first kappa shape index (κ1) is 14.0. The van der Waals surface area contributed by atoms with Crippen LogP contribution in [0.2, 0.25) is 0 Å². The molecule has 0 N–H and O–H groups in total. The van der Waals surface area contributed by atoms with Gasteiger partial charge in [0.1, 0.15) is 0 Å². The minimum Gasteiger partial charge on any atom is -0.466 e. The van der Waals surface area contributed by atoms with Gasteiger partial charge in [-0.3, -0.25) is 14.5 Å². The number of nitrogens with zero attached hydrogens (tertiary/aromatic N) is 2. The first-order chi connectivity index (χ1) is 8.04. The van der Waals surface area contributed by atoms with E-state index >= 15 is 0 Å². The molecule has 0 aliphatic carbocycles. The summed E-state index contributed by atoms with van der Waals surface area (Å²) in [5, 5.41) is 0. The Morgan fingerprint density at radius 2 is 2.18 bits per heavy atom. The third-order valence-corrected chi connectivity index (χ3v) is 3.09. The second kappa shape index (κ2) is 6.59. The maximum absolute atomic E-state index is 11.7. The molecule has 0 spiro atoms. The SMILES string of the molecule is CCOC(=O)CC(C)N1CCCN(C)C(=O)C1. The van der Waals surface area contributed by atoms with Gasteiger partial charge in [-0.1, -0.05) is 0 Å². The molecule has 98 valence electrons. The van der Waals surface area contributed by atoms with E-state index in [-0.39, 0.29) is 17.9 Å². The number of hydrogen-bond donors (Lipinski definition) is 0. The highest BCUT2D eigenvalue weighted by molar-refractivity contribution is 5.78. The summed E-state index contributed by atoms with van der Waals surface area (Å²) in [6, 6.07) is 0.0597. The van der Waals surface area contributed by atoms with Crippen molar-refractivity contribution in [2.45, 2.75) is 32.7 Å². The predicted molar refractivity (Wildman–Crippen MR) is 64.5 cm³/mol. The minimum atomic E-state index is -0.190. The maximum atomic E-state index is 11.7. The van der Waals surface area contributed by atoms with Crippen LogP contribution in [-0.4, -0.2) is 61.0 Å². The van der Waals surface area contributed by atoms with Crippen LogP contribution in [0.1, 0.15) is 26.7 Å². The fourth-order valence-corrected chi connectivity index (χ4v) is 1.98. The van der Waals surface area contributed by atoms with Gasteiger partial charge in [-0.2, -0.15) is 0 Å². The average molecular weight is 242 g/mol. The molecule has 1 rings (SSSR count). The Morgan fingerprint density at radius 3 is 2.82 bits per heavy atom. The monoisotopic (exact) mass is 242 g/mol. The molecule has 5 nitrogen and oxygen atoms in total. The minimum absolute atomic E-state index is 0.0597. The van der Waals surface area contributed by atoms with Crippen molar-refractivity contribution in [1.82, 2.24) is 9.80 Å². The van der Waals surface area contributed by atoms with Crippen molar-refractivity contribution in [2.75, 3.05) is 33.3 Å². The largest absolute Gasteiger partial charge is 0.466 e. The van der Waals surface area contributed by atoms with E-state index in [2.05, 4.69) is 4.90 Å². The Labute approximate surface area is 103 Å². The Bertz CT molecular complexity index is 281. The normalized spacial score (nSPS) is 19.9. The molecule has 0 aromatic heterocycles. The lowest BCUT2D eigenvalue weighted by Gasteiger charge is -2.25. The number of ether oxygens (including phenoxy) is 1. The molecular formula is C12H22N2O3. The van der Waals surface area contributed by atoms with Crippen LogP contribution in [0.5, 0.6) is 0 Å². The number of carbonyl (C=O) groups excluding carboxylic acids is 2. The Balaban J connectivity index is 2.47. The lowest BCUT2D eigenvalue weighted by molar-refractivity contribution is -0.145. The van der Waals surface area contributed by atoms with Gasteiger partial charge in [-0.15, -0.1) is 0 Å². The molecule has 1 aliphatic heterocycles. The van der Waals surface area contributed by atoms with Gasteiger partial charge < -0.3 is 9.64 Å². The first-order valence-corrected chi connectivity index (χ1v) is 6.18. The molecule has 17 heavy (non-hydrogen) atoms.